The van der Waals surface area contributed by atoms with Crippen molar-refractivity contribution >= 4 is 93.5 Å². The molecule has 4 heteroatoms. The van der Waals surface area contributed by atoms with Crippen molar-refractivity contribution in [2.24, 2.45) is 0 Å². The number of furan rings is 3. The maximum Gasteiger partial charge on any atom is 0.136 e. The molecule has 0 amide bonds. The van der Waals surface area contributed by atoms with E-state index in [0.717, 1.165) is 116 Å². The first-order valence-electron chi connectivity index (χ1n) is 18.9. The van der Waals surface area contributed by atoms with Gasteiger partial charge >= 0.3 is 0 Å². The molecule has 12 aromatic rings. The number of nitrogens with zero attached hydrogens (tertiary/aromatic N) is 1. The molecule has 0 aliphatic heterocycles. The van der Waals surface area contributed by atoms with Crippen molar-refractivity contribution in [1.82, 2.24) is 0 Å². The highest BCUT2D eigenvalue weighted by Crippen LogP contribution is 2.41. The summed E-state index contributed by atoms with van der Waals surface area (Å²) < 4.78 is 18.6. The van der Waals surface area contributed by atoms with Gasteiger partial charge in [-0.25, -0.2) is 0 Å². The molecule has 0 atom stereocenters. The van der Waals surface area contributed by atoms with Crippen molar-refractivity contribution < 1.29 is 13.3 Å². The van der Waals surface area contributed by atoms with E-state index in [2.05, 4.69) is 150 Å². The van der Waals surface area contributed by atoms with E-state index in [1.807, 2.05) is 42.5 Å². The third kappa shape index (κ3) is 4.93. The van der Waals surface area contributed by atoms with Gasteiger partial charge in [-0.05, 0) is 118 Å². The van der Waals surface area contributed by atoms with Gasteiger partial charge in [0, 0.05) is 49.6 Å². The summed E-state index contributed by atoms with van der Waals surface area (Å²) in [6, 6.07) is 66.4. The zero-order chi connectivity index (χ0) is 36.7. The second-order valence-electron chi connectivity index (χ2n) is 14.6. The van der Waals surface area contributed by atoms with E-state index in [1.54, 1.807) is 0 Å². The molecular weight excluding hydrogens is 687 g/mol. The highest BCUT2D eigenvalue weighted by Gasteiger charge is 2.17. The van der Waals surface area contributed by atoms with Crippen LogP contribution in [0.4, 0.5) is 17.1 Å². The topological polar surface area (TPSA) is 42.7 Å². The van der Waals surface area contributed by atoms with Crippen LogP contribution in [0, 0.1) is 0 Å². The number of rotatable bonds is 5. The second-order valence-corrected chi connectivity index (χ2v) is 14.6. The normalized spacial score (nSPS) is 11.9. The number of benzene rings is 9. The smallest absolute Gasteiger partial charge is 0.136 e. The predicted octanol–water partition coefficient (Wildman–Crippen LogP) is 15.3. The molecular formula is C52H31NO3. The van der Waals surface area contributed by atoms with E-state index < -0.39 is 0 Å². The van der Waals surface area contributed by atoms with Crippen LogP contribution in [-0.2, 0) is 0 Å². The molecule has 0 radical (unpaired) electrons. The first kappa shape index (κ1) is 30.9. The first-order valence-corrected chi connectivity index (χ1v) is 18.9. The van der Waals surface area contributed by atoms with E-state index in [1.165, 1.54) is 0 Å². The Hall–Kier alpha value is -7.56. The highest BCUT2D eigenvalue weighted by atomic mass is 16.3. The van der Waals surface area contributed by atoms with Crippen molar-refractivity contribution in [2.75, 3.05) is 4.90 Å². The quantitative estimate of drug-likeness (QED) is 0.178. The molecule has 3 aromatic heterocycles. The van der Waals surface area contributed by atoms with Crippen LogP contribution < -0.4 is 4.90 Å². The van der Waals surface area contributed by atoms with Crippen molar-refractivity contribution in [3.63, 3.8) is 0 Å². The Morgan fingerprint density at radius 1 is 0.268 bits per heavy atom. The fourth-order valence-corrected chi connectivity index (χ4v) is 8.39. The lowest BCUT2D eigenvalue weighted by molar-refractivity contribution is 0.631. The van der Waals surface area contributed by atoms with E-state index in [9.17, 15) is 0 Å². The number of hydrogen-bond donors (Lipinski definition) is 0. The van der Waals surface area contributed by atoms with Gasteiger partial charge in [-0.15, -0.1) is 0 Å². The largest absolute Gasteiger partial charge is 0.456 e. The van der Waals surface area contributed by atoms with Crippen LogP contribution in [0.15, 0.2) is 201 Å². The van der Waals surface area contributed by atoms with Gasteiger partial charge in [-0.2, -0.15) is 0 Å². The number of fused-ring (bicyclic) bond motifs is 9. The molecule has 0 aliphatic rings. The van der Waals surface area contributed by atoms with E-state index in [-0.39, 0.29) is 0 Å². The summed E-state index contributed by atoms with van der Waals surface area (Å²) in [5, 5.41) is 10.2. The minimum atomic E-state index is 0.873. The van der Waals surface area contributed by atoms with Crippen LogP contribution in [0.25, 0.3) is 98.8 Å². The molecule has 12 rings (SSSR count). The Balaban J connectivity index is 0.972. The fraction of sp³-hybridized carbons (Fsp3) is 0. The van der Waals surface area contributed by atoms with Gasteiger partial charge in [-0.3, -0.25) is 0 Å². The van der Waals surface area contributed by atoms with Crippen LogP contribution in [0.1, 0.15) is 0 Å². The predicted molar refractivity (Wildman–Crippen MR) is 231 cm³/mol. The fourth-order valence-electron chi connectivity index (χ4n) is 8.39. The zero-order valence-electron chi connectivity index (χ0n) is 30.1. The third-order valence-electron chi connectivity index (χ3n) is 11.2. The molecule has 0 N–H and O–H groups in total. The Morgan fingerprint density at radius 2 is 0.750 bits per heavy atom. The molecule has 0 aliphatic carbocycles. The van der Waals surface area contributed by atoms with Gasteiger partial charge in [0.2, 0.25) is 0 Å². The average Bonchev–Trinajstić information content (AvgIpc) is 3.95. The molecule has 3 heterocycles. The summed E-state index contributed by atoms with van der Waals surface area (Å²) in [5.74, 6) is 0.873. The molecule has 56 heavy (non-hydrogen) atoms. The Labute approximate surface area is 321 Å². The lowest BCUT2D eigenvalue weighted by Crippen LogP contribution is -2.09. The van der Waals surface area contributed by atoms with Crippen LogP contribution >= 0.6 is 0 Å². The maximum atomic E-state index is 6.24. The lowest BCUT2D eigenvalue weighted by Gasteiger charge is -2.26. The molecule has 9 aromatic carbocycles. The Bertz CT molecular complexity index is 3290. The summed E-state index contributed by atoms with van der Waals surface area (Å²) in [7, 11) is 0. The molecule has 0 saturated heterocycles. The Morgan fingerprint density at radius 3 is 1.32 bits per heavy atom. The second kappa shape index (κ2) is 12.0. The molecule has 262 valence electrons. The van der Waals surface area contributed by atoms with Crippen LogP contribution in [0.3, 0.4) is 0 Å². The minimum absolute atomic E-state index is 0.873. The summed E-state index contributed by atoms with van der Waals surface area (Å²) in [4.78, 5) is 2.35. The van der Waals surface area contributed by atoms with E-state index in [4.69, 9.17) is 13.3 Å². The SMILES string of the molecule is c1ccc2oc(-c3ccc(-c4ccc(N(c5ccc6cc7oc8ccccc8c7cc6c5)c5ccc6cc7oc8ccccc8c7cc6c5)cc4)cc3)cc2c1. The zero-order valence-corrected chi connectivity index (χ0v) is 30.1. The lowest BCUT2D eigenvalue weighted by atomic mass is 10.0. The van der Waals surface area contributed by atoms with Crippen molar-refractivity contribution in [3.05, 3.63) is 188 Å². The molecule has 0 bridgehead atoms. The van der Waals surface area contributed by atoms with Gasteiger partial charge in [0.1, 0.15) is 33.7 Å². The standard InChI is InChI=1S/C52H31NO3/c1-4-10-47-37(7-1)31-50(54-47)34-15-13-32(14-16-34)33-17-21-40(22-18-33)53(41-23-19-35-29-51-45(27-38(35)25-41)43-8-2-5-11-48(43)55-51)42-24-20-36-30-52-46(28-39(36)26-42)44-9-3-6-12-49(44)56-52/h1-31H. The summed E-state index contributed by atoms with van der Waals surface area (Å²) >= 11 is 0. The molecule has 0 spiro atoms. The van der Waals surface area contributed by atoms with Crippen molar-refractivity contribution in [2.45, 2.75) is 0 Å². The minimum Gasteiger partial charge on any atom is -0.456 e. The number of anilines is 3. The highest BCUT2D eigenvalue weighted by molar-refractivity contribution is 6.12. The Kier molecular flexibility index (Phi) is 6.60. The monoisotopic (exact) mass is 717 g/mol. The van der Waals surface area contributed by atoms with Crippen LogP contribution in [-0.4, -0.2) is 0 Å². The number of para-hydroxylation sites is 3. The first-order chi connectivity index (χ1) is 27.7. The molecule has 0 saturated carbocycles. The van der Waals surface area contributed by atoms with Crippen LogP contribution in [0.5, 0.6) is 0 Å². The average molecular weight is 718 g/mol. The molecule has 0 fully saturated rings. The molecule has 4 nitrogen and oxygen atoms in total. The maximum absolute atomic E-state index is 6.24. The summed E-state index contributed by atoms with van der Waals surface area (Å²) in [6.45, 7) is 0. The number of hydrogen-bond acceptors (Lipinski definition) is 4. The van der Waals surface area contributed by atoms with Crippen molar-refractivity contribution in [3.8, 4) is 22.5 Å². The van der Waals surface area contributed by atoms with Crippen LogP contribution in [0.2, 0.25) is 0 Å². The van der Waals surface area contributed by atoms with E-state index >= 15 is 0 Å². The van der Waals surface area contributed by atoms with Gasteiger partial charge in [-0.1, -0.05) is 103 Å². The van der Waals surface area contributed by atoms with Gasteiger partial charge in [0.25, 0.3) is 0 Å². The van der Waals surface area contributed by atoms with Gasteiger partial charge in [0.15, 0.2) is 0 Å². The van der Waals surface area contributed by atoms with Gasteiger partial charge < -0.3 is 18.2 Å². The third-order valence-corrected chi connectivity index (χ3v) is 11.2. The van der Waals surface area contributed by atoms with E-state index in [0.29, 0.717) is 0 Å². The summed E-state index contributed by atoms with van der Waals surface area (Å²) in [6.07, 6.45) is 0. The van der Waals surface area contributed by atoms with Gasteiger partial charge in [0.05, 0.1) is 0 Å². The van der Waals surface area contributed by atoms with Crippen molar-refractivity contribution in [1.29, 1.82) is 0 Å². The summed E-state index contributed by atoms with van der Waals surface area (Å²) in [5.41, 5.74) is 11.1. The molecule has 0 unspecified atom stereocenters.